The van der Waals surface area contributed by atoms with Crippen LogP contribution in [0.1, 0.15) is 12.8 Å². The average Bonchev–Trinajstić information content (AvgIpc) is 2.43. The molecule has 21 heavy (non-hydrogen) atoms. The highest BCUT2D eigenvalue weighted by atomic mass is 79.9. The molecule has 0 spiro atoms. The summed E-state index contributed by atoms with van der Waals surface area (Å²) in [5.41, 5.74) is 0.975. The number of hydrogen-bond donors (Lipinski definition) is 1. The molecule has 6 heteroatoms. The van der Waals surface area contributed by atoms with Crippen LogP contribution in [0.3, 0.4) is 0 Å². The van der Waals surface area contributed by atoms with E-state index >= 15 is 0 Å². The van der Waals surface area contributed by atoms with Crippen LogP contribution in [0, 0.1) is 0 Å². The molecule has 0 saturated carbocycles. The number of carbonyl (C=O) groups is 1. The fourth-order valence-electron chi connectivity index (χ4n) is 2.39. The summed E-state index contributed by atoms with van der Waals surface area (Å²) in [5, 5.41) is 4.23. The molecule has 1 heterocycles. The number of likely N-dealkylation sites (tertiary alicyclic amines) is 1. The first-order valence-electron chi connectivity index (χ1n) is 7.10. The van der Waals surface area contributed by atoms with E-state index in [-0.39, 0.29) is 5.91 Å². The van der Waals surface area contributed by atoms with Gasteiger partial charge in [0.25, 0.3) is 0 Å². The summed E-state index contributed by atoms with van der Waals surface area (Å²) >= 11 is 9.64. The van der Waals surface area contributed by atoms with E-state index in [9.17, 15) is 4.79 Å². The molecule has 4 nitrogen and oxygen atoms in total. The molecule has 0 bridgehead atoms. The highest BCUT2D eigenvalue weighted by Gasteiger charge is 2.21. The lowest BCUT2D eigenvalue weighted by molar-refractivity contribution is -0.130. The Balaban J connectivity index is 1.83. The topological polar surface area (TPSA) is 35.6 Å². The molecule has 0 aliphatic carbocycles. The van der Waals surface area contributed by atoms with Gasteiger partial charge in [-0.15, -0.1) is 0 Å². The molecule has 1 aliphatic heterocycles. The van der Waals surface area contributed by atoms with Gasteiger partial charge in [-0.05, 0) is 31.0 Å². The number of hydrogen-bond acceptors (Lipinski definition) is 3. The van der Waals surface area contributed by atoms with Crippen LogP contribution in [0.4, 0.5) is 5.69 Å². The molecular weight excluding hydrogens is 354 g/mol. The van der Waals surface area contributed by atoms with Gasteiger partial charge >= 0.3 is 0 Å². The zero-order valence-corrected chi connectivity index (χ0v) is 14.7. The molecule has 1 aromatic rings. The Kier molecular flexibility index (Phi) is 5.90. The smallest absolute Gasteiger partial charge is 0.236 e. The van der Waals surface area contributed by atoms with Gasteiger partial charge in [0.05, 0.1) is 17.3 Å². The Bertz CT molecular complexity index is 502. The number of likely N-dealkylation sites (N-methyl/N-ethyl adjacent to an activating group) is 1. The summed E-state index contributed by atoms with van der Waals surface area (Å²) in [6.45, 7) is 2.38. The third-order valence-electron chi connectivity index (χ3n) is 3.74. The summed E-state index contributed by atoms with van der Waals surface area (Å²) in [4.78, 5) is 15.6. The van der Waals surface area contributed by atoms with Gasteiger partial charge in [0.15, 0.2) is 0 Å². The summed E-state index contributed by atoms with van der Waals surface area (Å²) in [5.74, 6) is 0.164. The Morgan fingerprint density at radius 1 is 1.43 bits per heavy atom. The van der Waals surface area contributed by atoms with Crippen molar-refractivity contribution in [2.45, 2.75) is 18.9 Å². The van der Waals surface area contributed by atoms with Crippen LogP contribution in [0.25, 0.3) is 0 Å². The highest BCUT2D eigenvalue weighted by molar-refractivity contribution is 9.10. The maximum Gasteiger partial charge on any atom is 0.236 e. The summed E-state index contributed by atoms with van der Waals surface area (Å²) < 4.78 is 0.982. The molecule has 1 aromatic carbocycles. The first-order chi connectivity index (χ1) is 9.95. The zero-order chi connectivity index (χ0) is 15.4. The average molecular weight is 375 g/mol. The molecule has 1 aliphatic rings. The Morgan fingerprint density at radius 3 is 2.67 bits per heavy atom. The second kappa shape index (κ2) is 7.47. The fourth-order valence-corrected chi connectivity index (χ4v) is 3.12. The molecule has 0 aromatic heterocycles. The first kappa shape index (κ1) is 16.6. The van der Waals surface area contributed by atoms with Crippen LogP contribution >= 0.6 is 27.5 Å². The maximum atomic E-state index is 11.7. The maximum absolute atomic E-state index is 11.7. The van der Waals surface area contributed by atoms with Gasteiger partial charge in [-0.2, -0.15) is 0 Å². The molecule has 0 unspecified atom stereocenters. The third-order valence-corrected chi connectivity index (χ3v) is 4.54. The van der Waals surface area contributed by atoms with Crippen molar-refractivity contribution in [2.24, 2.45) is 0 Å². The zero-order valence-electron chi connectivity index (χ0n) is 12.4. The van der Waals surface area contributed by atoms with Gasteiger partial charge in [-0.3, -0.25) is 9.69 Å². The summed E-state index contributed by atoms with van der Waals surface area (Å²) in [7, 11) is 3.60. The van der Waals surface area contributed by atoms with Gasteiger partial charge in [0.1, 0.15) is 0 Å². The normalized spacial score (nSPS) is 16.8. The van der Waals surface area contributed by atoms with Crippen LogP contribution in [0.2, 0.25) is 5.02 Å². The van der Waals surface area contributed by atoms with Crippen LogP contribution in [0.15, 0.2) is 22.7 Å². The van der Waals surface area contributed by atoms with Crippen molar-refractivity contribution >= 4 is 39.1 Å². The number of benzene rings is 1. The molecular formula is C15H21BrClN3O. The van der Waals surface area contributed by atoms with E-state index in [2.05, 4.69) is 26.1 Å². The lowest BCUT2D eigenvalue weighted by atomic mass is 10.0. The van der Waals surface area contributed by atoms with E-state index in [1.807, 2.05) is 18.2 Å². The van der Waals surface area contributed by atoms with Crippen molar-refractivity contribution < 1.29 is 4.79 Å². The van der Waals surface area contributed by atoms with Gasteiger partial charge in [-0.1, -0.05) is 27.5 Å². The highest BCUT2D eigenvalue weighted by Crippen LogP contribution is 2.27. The number of nitrogens with one attached hydrogen (secondary N) is 1. The summed E-state index contributed by atoms with van der Waals surface area (Å²) in [6.07, 6.45) is 2.04. The largest absolute Gasteiger partial charge is 0.381 e. The van der Waals surface area contributed by atoms with Gasteiger partial charge in [0, 0.05) is 37.7 Å². The SMILES string of the molecule is CN(C)C(=O)CN1CCC(Nc2ccc(Br)cc2Cl)CC1. The number of carbonyl (C=O) groups excluding carboxylic acids is 1. The lowest BCUT2D eigenvalue weighted by Gasteiger charge is -2.33. The van der Waals surface area contributed by atoms with E-state index in [4.69, 9.17) is 11.6 Å². The second-order valence-electron chi connectivity index (χ2n) is 5.61. The third kappa shape index (κ3) is 4.87. The Labute approximate surface area is 139 Å². The molecule has 2 rings (SSSR count). The predicted molar refractivity (Wildman–Crippen MR) is 90.9 cm³/mol. The monoisotopic (exact) mass is 373 g/mol. The van der Waals surface area contributed by atoms with Crippen LogP contribution in [-0.4, -0.2) is 55.5 Å². The van der Waals surface area contributed by atoms with Crippen molar-refractivity contribution in [1.29, 1.82) is 0 Å². The molecule has 0 radical (unpaired) electrons. The Morgan fingerprint density at radius 2 is 2.10 bits per heavy atom. The number of rotatable bonds is 4. The fraction of sp³-hybridized carbons (Fsp3) is 0.533. The van der Waals surface area contributed by atoms with Gasteiger partial charge < -0.3 is 10.2 Å². The van der Waals surface area contributed by atoms with Crippen LogP contribution in [-0.2, 0) is 4.79 Å². The van der Waals surface area contributed by atoms with E-state index < -0.39 is 0 Å². The molecule has 1 amide bonds. The van der Waals surface area contributed by atoms with Crippen LogP contribution in [0.5, 0.6) is 0 Å². The first-order valence-corrected chi connectivity index (χ1v) is 8.27. The predicted octanol–water partition coefficient (Wildman–Crippen LogP) is 3.07. The number of halogens is 2. The van der Waals surface area contributed by atoms with E-state index in [1.54, 1.807) is 19.0 Å². The number of amides is 1. The molecule has 1 N–H and O–H groups in total. The van der Waals surface area contributed by atoms with Crippen molar-refractivity contribution in [3.63, 3.8) is 0 Å². The minimum absolute atomic E-state index is 0.164. The number of nitrogens with zero attached hydrogens (tertiary/aromatic N) is 2. The molecule has 1 fully saturated rings. The minimum Gasteiger partial charge on any atom is -0.381 e. The molecule has 1 saturated heterocycles. The Hall–Kier alpha value is -0.780. The molecule has 116 valence electrons. The number of anilines is 1. The van der Waals surface area contributed by atoms with E-state index in [0.29, 0.717) is 12.6 Å². The van der Waals surface area contributed by atoms with Crippen molar-refractivity contribution in [1.82, 2.24) is 9.80 Å². The second-order valence-corrected chi connectivity index (χ2v) is 6.93. The van der Waals surface area contributed by atoms with Gasteiger partial charge in [0.2, 0.25) is 5.91 Å². The van der Waals surface area contributed by atoms with Crippen molar-refractivity contribution in [3.05, 3.63) is 27.7 Å². The minimum atomic E-state index is 0.164. The number of piperidine rings is 1. The van der Waals surface area contributed by atoms with Crippen molar-refractivity contribution in [2.75, 3.05) is 39.0 Å². The standard InChI is InChI=1S/C15H21BrClN3O/c1-19(2)15(21)10-20-7-5-12(6-8-20)18-14-4-3-11(16)9-13(14)17/h3-4,9,12,18H,5-8,10H2,1-2H3. The molecule has 0 atom stereocenters. The van der Waals surface area contributed by atoms with Gasteiger partial charge in [-0.25, -0.2) is 0 Å². The lowest BCUT2D eigenvalue weighted by Crippen LogP contribution is -2.43. The summed E-state index contributed by atoms with van der Waals surface area (Å²) in [6, 6.07) is 6.29. The van der Waals surface area contributed by atoms with E-state index in [0.717, 1.165) is 41.1 Å². The van der Waals surface area contributed by atoms with Crippen LogP contribution < -0.4 is 5.32 Å². The quantitative estimate of drug-likeness (QED) is 0.880. The van der Waals surface area contributed by atoms with Crippen molar-refractivity contribution in [3.8, 4) is 0 Å². The van der Waals surface area contributed by atoms with E-state index in [1.165, 1.54) is 0 Å².